The van der Waals surface area contributed by atoms with Crippen LogP contribution >= 0.6 is 24.0 Å². The normalized spacial score (nSPS) is 14.1. The second-order valence-electron chi connectivity index (χ2n) is 3.67. The van der Waals surface area contributed by atoms with Gasteiger partial charge in [-0.05, 0) is 18.1 Å². The third-order valence-electron chi connectivity index (χ3n) is 2.67. The highest BCUT2D eigenvalue weighted by Gasteiger charge is 2.22. The van der Waals surface area contributed by atoms with Gasteiger partial charge in [0, 0.05) is 11.6 Å². The van der Waals surface area contributed by atoms with Crippen molar-refractivity contribution in [2.24, 2.45) is 11.7 Å². The zero-order valence-corrected chi connectivity index (χ0v) is 10.7. The Morgan fingerprint density at radius 2 is 1.81 bits per heavy atom. The average Bonchev–Trinajstić information content (AvgIpc) is 2.22. The van der Waals surface area contributed by atoms with Crippen molar-refractivity contribution in [1.29, 1.82) is 0 Å². The fraction of sp³-hybridized carbons (Fsp3) is 0.455. The van der Waals surface area contributed by atoms with Crippen molar-refractivity contribution in [2.45, 2.75) is 26.3 Å². The van der Waals surface area contributed by atoms with Gasteiger partial charge in [-0.25, -0.2) is 8.78 Å². The number of hydrogen-bond acceptors (Lipinski definition) is 1. The number of nitrogens with two attached hydrogens (primary N) is 1. The first-order valence-corrected chi connectivity index (χ1v) is 5.25. The van der Waals surface area contributed by atoms with Crippen molar-refractivity contribution in [3.8, 4) is 0 Å². The fourth-order valence-corrected chi connectivity index (χ4v) is 1.67. The summed E-state index contributed by atoms with van der Waals surface area (Å²) in [6, 6.07) is 1.49. The summed E-state index contributed by atoms with van der Waals surface area (Å²) in [5.74, 6) is -1.13. The standard InChI is InChI=1S/C11H14ClF2N.ClH/c1-3-6(2)11(15)9-7(13)4-5-8(14)10(9)12;/h4-6,11H,3,15H2,1-2H3;1H/t6?,11-;/m1./s1. The lowest BCUT2D eigenvalue weighted by molar-refractivity contribution is 0.436. The van der Waals surface area contributed by atoms with Crippen molar-refractivity contribution in [3.05, 3.63) is 34.4 Å². The molecule has 2 atom stereocenters. The van der Waals surface area contributed by atoms with Gasteiger partial charge >= 0.3 is 0 Å². The van der Waals surface area contributed by atoms with E-state index >= 15 is 0 Å². The van der Waals surface area contributed by atoms with Crippen molar-refractivity contribution in [1.82, 2.24) is 0 Å². The molecule has 0 aromatic heterocycles. The van der Waals surface area contributed by atoms with Crippen LogP contribution in [0.5, 0.6) is 0 Å². The minimum Gasteiger partial charge on any atom is -0.324 e. The lowest BCUT2D eigenvalue weighted by Crippen LogP contribution is -2.20. The van der Waals surface area contributed by atoms with Crippen LogP contribution in [-0.2, 0) is 0 Å². The first-order chi connectivity index (χ1) is 6.99. The van der Waals surface area contributed by atoms with Gasteiger partial charge in [-0.15, -0.1) is 12.4 Å². The maximum atomic E-state index is 13.4. The summed E-state index contributed by atoms with van der Waals surface area (Å²) >= 11 is 5.70. The molecule has 92 valence electrons. The summed E-state index contributed by atoms with van der Waals surface area (Å²) in [5.41, 5.74) is 5.90. The number of halogens is 4. The SMILES string of the molecule is CCC(C)[C@@H](N)c1c(F)ccc(F)c1Cl.Cl. The zero-order valence-electron chi connectivity index (χ0n) is 9.14. The van der Waals surface area contributed by atoms with Crippen LogP contribution in [0.25, 0.3) is 0 Å². The van der Waals surface area contributed by atoms with Crippen molar-refractivity contribution in [3.63, 3.8) is 0 Å². The Hall–Kier alpha value is -0.380. The smallest absolute Gasteiger partial charge is 0.142 e. The molecule has 0 aliphatic carbocycles. The molecule has 0 fully saturated rings. The lowest BCUT2D eigenvalue weighted by atomic mass is 9.93. The highest BCUT2D eigenvalue weighted by atomic mass is 35.5. The second-order valence-corrected chi connectivity index (χ2v) is 4.05. The molecule has 5 heteroatoms. The van der Waals surface area contributed by atoms with Gasteiger partial charge in [-0.2, -0.15) is 0 Å². The van der Waals surface area contributed by atoms with E-state index in [0.717, 1.165) is 18.6 Å². The highest BCUT2D eigenvalue weighted by Crippen LogP contribution is 2.31. The van der Waals surface area contributed by atoms with E-state index in [2.05, 4.69) is 0 Å². The first-order valence-electron chi connectivity index (χ1n) is 4.88. The molecular weight excluding hydrogens is 255 g/mol. The molecule has 0 amide bonds. The van der Waals surface area contributed by atoms with Crippen LogP contribution in [0.3, 0.4) is 0 Å². The Balaban J connectivity index is 0.00000225. The Morgan fingerprint density at radius 3 is 2.31 bits per heavy atom. The molecule has 1 aromatic carbocycles. The molecule has 0 bridgehead atoms. The molecule has 0 saturated carbocycles. The number of rotatable bonds is 3. The summed E-state index contributed by atoms with van der Waals surface area (Å²) < 4.78 is 26.6. The van der Waals surface area contributed by atoms with Crippen LogP contribution in [0.4, 0.5) is 8.78 Å². The summed E-state index contributed by atoms with van der Waals surface area (Å²) in [7, 11) is 0. The minimum absolute atomic E-state index is 0. The molecule has 1 aromatic rings. The Morgan fingerprint density at radius 1 is 1.31 bits per heavy atom. The van der Waals surface area contributed by atoms with E-state index in [4.69, 9.17) is 17.3 Å². The van der Waals surface area contributed by atoms with Gasteiger partial charge in [0.05, 0.1) is 5.02 Å². The molecule has 0 spiro atoms. The van der Waals surface area contributed by atoms with Gasteiger partial charge in [0.25, 0.3) is 0 Å². The van der Waals surface area contributed by atoms with Gasteiger partial charge < -0.3 is 5.73 Å². The molecule has 0 saturated heterocycles. The maximum absolute atomic E-state index is 13.4. The van der Waals surface area contributed by atoms with E-state index in [0.29, 0.717) is 0 Å². The molecule has 16 heavy (non-hydrogen) atoms. The molecule has 1 unspecified atom stereocenters. The largest absolute Gasteiger partial charge is 0.324 e. The topological polar surface area (TPSA) is 26.0 Å². The van der Waals surface area contributed by atoms with Gasteiger partial charge in [-0.3, -0.25) is 0 Å². The predicted molar refractivity (Wildman–Crippen MR) is 65.0 cm³/mol. The average molecular weight is 270 g/mol. The Bertz CT molecular complexity index is 358. The quantitative estimate of drug-likeness (QED) is 0.822. The molecule has 1 nitrogen and oxygen atoms in total. The van der Waals surface area contributed by atoms with E-state index in [9.17, 15) is 8.78 Å². The molecule has 2 N–H and O–H groups in total. The van der Waals surface area contributed by atoms with E-state index in [1.807, 2.05) is 13.8 Å². The van der Waals surface area contributed by atoms with Crippen molar-refractivity contribution in [2.75, 3.05) is 0 Å². The summed E-state index contributed by atoms with van der Waals surface area (Å²) in [6.07, 6.45) is 0.785. The maximum Gasteiger partial charge on any atom is 0.142 e. The summed E-state index contributed by atoms with van der Waals surface area (Å²) in [5, 5.41) is -0.206. The Labute approximate surface area is 105 Å². The second kappa shape index (κ2) is 6.38. The third kappa shape index (κ3) is 3.06. The minimum atomic E-state index is -0.633. The monoisotopic (exact) mass is 269 g/mol. The van der Waals surface area contributed by atoms with Crippen molar-refractivity contribution < 1.29 is 8.78 Å². The van der Waals surface area contributed by atoms with Gasteiger partial charge in [-0.1, -0.05) is 31.9 Å². The van der Waals surface area contributed by atoms with E-state index in [1.54, 1.807) is 0 Å². The predicted octanol–water partition coefficient (Wildman–Crippen LogP) is 4.09. The molecule has 1 rings (SSSR count). The van der Waals surface area contributed by atoms with Crippen LogP contribution in [-0.4, -0.2) is 0 Å². The zero-order chi connectivity index (χ0) is 11.6. The van der Waals surface area contributed by atoms with Gasteiger partial charge in [0.15, 0.2) is 0 Å². The van der Waals surface area contributed by atoms with Crippen LogP contribution in [0.15, 0.2) is 12.1 Å². The van der Waals surface area contributed by atoms with Crippen molar-refractivity contribution >= 4 is 24.0 Å². The molecular formula is C11H15Cl2F2N. The third-order valence-corrected chi connectivity index (χ3v) is 3.05. The Kier molecular flexibility index (Phi) is 6.23. The number of hydrogen-bond donors (Lipinski definition) is 1. The molecule has 0 aliphatic heterocycles. The highest BCUT2D eigenvalue weighted by molar-refractivity contribution is 6.31. The van der Waals surface area contributed by atoms with Crippen LogP contribution in [0.2, 0.25) is 5.02 Å². The molecule has 0 heterocycles. The van der Waals surface area contributed by atoms with Crippen LogP contribution < -0.4 is 5.73 Å². The van der Waals surface area contributed by atoms with Crippen LogP contribution in [0.1, 0.15) is 31.9 Å². The molecule has 0 radical (unpaired) electrons. The summed E-state index contributed by atoms with van der Waals surface area (Å²) in [4.78, 5) is 0. The van der Waals surface area contributed by atoms with E-state index in [-0.39, 0.29) is 28.9 Å². The van der Waals surface area contributed by atoms with Gasteiger partial charge in [0.2, 0.25) is 0 Å². The molecule has 0 aliphatic rings. The first kappa shape index (κ1) is 15.6. The van der Waals surface area contributed by atoms with Gasteiger partial charge in [0.1, 0.15) is 11.6 Å². The summed E-state index contributed by atoms with van der Waals surface area (Å²) in [6.45, 7) is 3.82. The van der Waals surface area contributed by atoms with Crippen LogP contribution in [0, 0.1) is 17.6 Å². The number of benzene rings is 1. The van der Waals surface area contributed by atoms with E-state index in [1.165, 1.54) is 0 Å². The fourth-order valence-electron chi connectivity index (χ4n) is 1.39. The lowest BCUT2D eigenvalue weighted by Gasteiger charge is -2.20. The van der Waals surface area contributed by atoms with E-state index < -0.39 is 17.7 Å².